The summed E-state index contributed by atoms with van der Waals surface area (Å²) in [6.07, 6.45) is 12.5. The molecule has 0 heterocycles. The second-order valence-corrected chi connectivity index (χ2v) is 10.6. The van der Waals surface area contributed by atoms with E-state index in [1.165, 1.54) is 38.5 Å². The number of hydrogen-bond donors (Lipinski definition) is 0. The zero-order chi connectivity index (χ0) is 24.4. The molecule has 32 heavy (non-hydrogen) atoms. The van der Waals surface area contributed by atoms with E-state index in [1.54, 1.807) is 26.8 Å². The molecule has 3 nitrogen and oxygen atoms in total. The number of ketones is 3. The van der Waals surface area contributed by atoms with E-state index >= 15 is 0 Å². The predicted octanol–water partition coefficient (Wildman–Crippen LogP) is 7.75. The second-order valence-electron chi connectivity index (χ2n) is 10.6. The number of rotatable bonds is 14. The summed E-state index contributed by atoms with van der Waals surface area (Å²) in [5, 5.41) is 0. The van der Waals surface area contributed by atoms with Crippen LogP contribution in [0.25, 0.3) is 0 Å². The van der Waals surface area contributed by atoms with Gasteiger partial charge in [-0.3, -0.25) is 14.4 Å². The first-order chi connectivity index (χ1) is 15.0. The lowest BCUT2D eigenvalue weighted by Gasteiger charge is -2.17. The van der Waals surface area contributed by atoms with E-state index in [9.17, 15) is 14.4 Å². The molecule has 0 aromatic carbocycles. The van der Waals surface area contributed by atoms with Crippen LogP contribution in [-0.4, -0.2) is 17.3 Å². The van der Waals surface area contributed by atoms with Crippen LogP contribution >= 0.6 is 0 Å². The topological polar surface area (TPSA) is 51.2 Å². The average Bonchev–Trinajstić information content (AvgIpc) is 2.70. The zero-order valence-corrected chi connectivity index (χ0v) is 21.9. The van der Waals surface area contributed by atoms with Gasteiger partial charge in [-0.25, -0.2) is 0 Å². The van der Waals surface area contributed by atoms with Crippen molar-refractivity contribution in [3.63, 3.8) is 0 Å². The monoisotopic (exact) mass is 442 g/mol. The van der Waals surface area contributed by atoms with Crippen LogP contribution in [0.4, 0.5) is 0 Å². The van der Waals surface area contributed by atoms with Crippen LogP contribution in [0.1, 0.15) is 113 Å². The van der Waals surface area contributed by atoms with Crippen molar-refractivity contribution in [2.45, 2.75) is 113 Å². The Morgan fingerprint density at radius 2 is 1.19 bits per heavy atom. The Bertz CT molecular complexity index is 776. The molecule has 1 aliphatic rings. The van der Waals surface area contributed by atoms with Gasteiger partial charge in [0.1, 0.15) is 0 Å². The minimum absolute atomic E-state index is 0.0494. The largest absolute Gasteiger partial charge is 0.289 e. The fraction of sp³-hybridized carbons (Fsp3) is 0.690. The minimum atomic E-state index is -0.329. The molecule has 0 aromatic heterocycles. The van der Waals surface area contributed by atoms with Gasteiger partial charge in [0.25, 0.3) is 0 Å². The molecule has 1 aliphatic carbocycles. The Hall–Kier alpha value is -1.77. The molecule has 0 fully saturated rings. The van der Waals surface area contributed by atoms with E-state index in [4.69, 9.17) is 0 Å². The molecule has 0 amide bonds. The Morgan fingerprint density at radius 3 is 1.72 bits per heavy atom. The molecule has 0 saturated carbocycles. The maximum Gasteiger partial charge on any atom is 0.193 e. The summed E-state index contributed by atoms with van der Waals surface area (Å²) < 4.78 is 0. The Labute approximate surface area is 196 Å². The van der Waals surface area contributed by atoms with Crippen molar-refractivity contribution in [1.82, 2.24) is 0 Å². The Morgan fingerprint density at radius 1 is 0.719 bits per heavy atom. The van der Waals surface area contributed by atoms with Crippen molar-refractivity contribution in [2.24, 2.45) is 17.8 Å². The van der Waals surface area contributed by atoms with Gasteiger partial charge in [0.15, 0.2) is 17.3 Å². The van der Waals surface area contributed by atoms with Crippen LogP contribution in [0, 0.1) is 17.8 Å². The molecule has 0 saturated heterocycles. The smallest absolute Gasteiger partial charge is 0.193 e. The predicted molar refractivity (Wildman–Crippen MR) is 135 cm³/mol. The van der Waals surface area contributed by atoms with E-state index in [0.717, 1.165) is 36.7 Å². The lowest BCUT2D eigenvalue weighted by molar-refractivity contribution is -0.120. The molecule has 0 radical (unpaired) electrons. The molecule has 0 unspecified atom stereocenters. The van der Waals surface area contributed by atoms with Crippen LogP contribution < -0.4 is 0 Å². The molecule has 2 atom stereocenters. The van der Waals surface area contributed by atoms with Crippen LogP contribution in [0.15, 0.2) is 33.9 Å². The van der Waals surface area contributed by atoms with Crippen LogP contribution in [0.2, 0.25) is 0 Å². The highest BCUT2D eigenvalue weighted by molar-refractivity contribution is 6.37. The minimum Gasteiger partial charge on any atom is -0.289 e. The number of Topliss-reactive ketones (excluding diaryl/α,β-unsaturated/α-hetero) is 2. The molecule has 180 valence electrons. The molecular formula is C29H46O3. The number of allylic oxidation sites excluding steroid dienone is 6. The third-order valence-electron chi connectivity index (χ3n) is 6.95. The van der Waals surface area contributed by atoms with Crippen LogP contribution in [-0.2, 0) is 14.4 Å². The van der Waals surface area contributed by atoms with Crippen molar-refractivity contribution >= 4 is 17.3 Å². The van der Waals surface area contributed by atoms with E-state index in [0.29, 0.717) is 17.1 Å². The SMILES string of the molecule is CC1=C(C)C(=O)C(C(=O)/C=C(\C)CCC[C@H](C)CCC[C@H](C)CCCC(C)C)=C(C)C1=O. The van der Waals surface area contributed by atoms with Gasteiger partial charge < -0.3 is 0 Å². The fourth-order valence-corrected chi connectivity index (χ4v) is 4.47. The maximum atomic E-state index is 12.7. The van der Waals surface area contributed by atoms with Gasteiger partial charge in [-0.05, 0) is 64.4 Å². The van der Waals surface area contributed by atoms with Gasteiger partial charge in [0, 0.05) is 16.7 Å². The van der Waals surface area contributed by atoms with E-state index < -0.39 is 0 Å². The van der Waals surface area contributed by atoms with Gasteiger partial charge in [0.2, 0.25) is 0 Å². The maximum absolute atomic E-state index is 12.7. The molecular weight excluding hydrogens is 396 g/mol. The molecule has 0 spiro atoms. The van der Waals surface area contributed by atoms with Crippen LogP contribution in [0.3, 0.4) is 0 Å². The molecule has 0 aliphatic heterocycles. The molecule has 0 bridgehead atoms. The first-order valence-electron chi connectivity index (χ1n) is 12.6. The molecule has 3 heteroatoms. The van der Waals surface area contributed by atoms with Crippen LogP contribution in [0.5, 0.6) is 0 Å². The Kier molecular flexibility index (Phi) is 12.1. The highest BCUT2D eigenvalue weighted by Crippen LogP contribution is 2.26. The van der Waals surface area contributed by atoms with Gasteiger partial charge in [-0.15, -0.1) is 0 Å². The third-order valence-corrected chi connectivity index (χ3v) is 6.95. The van der Waals surface area contributed by atoms with Gasteiger partial charge >= 0.3 is 0 Å². The summed E-state index contributed by atoms with van der Waals surface area (Å²) in [5.74, 6) is 1.50. The lowest BCUT2D eigenvalue weighted by Crippen LogP contribution is -2.24. The summed E-state index contributed by atoms with van der Waals surface area (Å²) in [7, 11) is 0. The summed E-state index contributed by atoms with van der Waals surface area (Å²) in [4.78, 5) is 37.5. The normalized spacial score (nSPS) is 17.5. The molecule has 0 N–H and O–H groups in total. The fourth-order valence-electron chi connectivity index (χ4n) is 4.47. The lowest BCUT2D eigenvalue weighted by atomic mass is 9.83. The number of carbonyl (C=O) groups is 3. The summed E-state index contributed by atoms with van der Waals surface area (Å²) in [6.45, 7) is 16.1. The Balaban J connectivity index is 2.41. The summed E-state index contributed by atoms with van der Waals surface area (Å²) in [5.41, 5.74) is 2.14. The summed E-state index contributed by atoms with van der Waals surface area (Å²) >= 11 is 0. The molecule has 1 rings (SSSR count). The highest BCUT2D eigenvalue weighted by Gasteiger charge is 2.31. The van der Waals surface area contributed by atoms with Crippen molar-refractivity contribution in [2.75, 3.05) is 0 Å². The van der Waals surface area contributed by atoms with E-state index in [2.05, 4.69) is 27.7 Å². The average molecular weight is 443 g/mol. The van der Waals surface area contributed by atoms with Crippen molar-refractivity contribution in [3.05, 3.63) is 33.9 Å². The second kappa shape index (κ2) is 13.7. The van der Waals surface area contributed by atoms with Crippen molar-refractivity contribution in [1.29, 1.82) is 0 Å². The standard InChI is InChI=1S/C29H46O3/c1-19(2)12-9-13-20(3)14-10-15-21(4)16-11-17-22(5)18-26(30)27-25(8)28(31)23(6)24(7)29(27)32/h18-21H,9-17H2,1-8H3/b22-18+/t20-,21-/m1/s1. The number of hydrogen-bond acceptors (Lipinski definition) is 3. The summed E-state index contributed by atoms with van der Waals surface area (Å²) in [6, 6.07) is 0. The first kappa shape index (κ1) is 28.3. The third kappa shape index (κ3) is 9.00. The number of carbonyl (C=O) groups excluding carboxylic acids is 3. The van der Waals surface area contributed by atoms with Gasteiger partial charge in [0.05, 0.1) is 5.57 Å². The van der Waals surface area contributed by atoms with Crippen molar-refractivity contribution in [3.8, 4) is 0 Å². The van der Waals surface area contributed by atoms with E-state index in [1.807, 2.05) is 6.92 Å². The molecule has 0 aromatic rings. The zero-order valence-electron chi connectivity index (χ0n) is 21.9. The van der Waals surface area contributed by atoms with Gasteiger partial charge in [-0.2, -0.15) is 0 Å². The quantitative estimate of drug-likeness (QED) is 0.157. The van der Waals surface area contributed by atoms with Crippen molar-refractivity contribution < 1.29 is 14.4 Å². The first-order valence-corrected chi connectivity index (χ1v) is 12.6. The van der Waals surface area contributed by atoms with E-state index in [-0.39, 0.29) is 28.5 Å². The van der Waals surface area contributed by atoms with Gasteiger partial charge in [-0.1, -0.05) is 78.2 Å². The highest BCUT2D eigenvalue weighted by atomic mass is 16.2.